The second kappa shape index (κ2) is 4.60. The molecule has 0 radical (unpaired) electrons. The second-order valence-electron chi connectivity index (χ2n) is 4.74. The maximum absolute atomic E-state index is 9.50. The van der Waals surface area contributed by atoms with Gasteiger partial charge in [-0.15, -0.1) is 0 Å². The smallest absolute Gasteiger partial charge is 0.0679 e. The van der Waals surface area contributed by atoms with E-state index in [-0.39, 0.29) is 6.10 Å². The van der Waals surface area contributed by atoms with Crippen LogP contribution in [0.4, 0.5) is 0 Å². The van der Waals surface area contributed by atoms with E-state index in [2.05, 4.69) is 17.3 Å². The topological polar surface area (TPSA) is 35.5 Å². The quantitative estimate of drug-likeness (QED) is 0.681. The van der Waals surface area contributed by atoms with Gasteiger partial charge < -0.3 is 10.4 Å². The molecule has 0 aromatic heterocycles. The van der Waals surface area contributed by atoms with E-state index in [1.54, 1.807) is 0 Å². The summed E-state index contributed by atoms with van der Waals surface area (Å²) >= 11 is 0. The van der Waals surface area contributed by atoms with Crippen molar-refractivity contribution in [1.82, 2.24) is 10.2 Å². The van der Waals surface area contributed by atoms with Crippen LogP contribution in [0.15, 0.2) is 0 Å². The monoisotopic (exact) mass is 198 g/mol. The summed E-state index contributed by atoms with van der Waals surface area (Å²) in [6.07, 6.45) is 6.16. The van der Waals surface area contributed by atoms with Gasteiger partial charge >= 0.3 is 0 Å². The van der Waals surface area contributed by atoms with E-state index in [1.807, 2.05) is 0 Å². The van der Waals surface area contributed by atoms with E-state index in [9.17, 15) is 5.11 Å². The van der Waals surface area contributed by atoms with Gasteiger partial charge in [-0.25, -0.2) is 0 Å². The fraction of sp³-hybridized carbons (Fsp3) is 1.00. The average Bonchev–Trinajstić information content (AvgIpc) is 2.65. The van der Waals surface area contributed by atoms with Gasteiger partial charge in [0, 0.05) is 25.2 Å². The van der Waals surface area contributed by atoms with Crippen LogP contribution in [0.5, 0.6) is 0 Å². The maximum Gasteiger partial charge on any atom is 0.0679 e. The van der Waals surface area contributed by atoms with Crippen molar-refractivity contribution in [2.75, 3.05) is 20.1 Å². The number of hydrogen-bond acceptors (Lipinski definition) is 3. The van der Waals surface area contributed by atoms with Gasteiger partial charge in [0.05, 0.1) is 6.10 Å². The number of β-amino-alcohol motifs (C(OH)–C–C–N with tert-alkyl or cyclic N) is 1. The van der Waals surface area contributed by atoms with Gasteiger partial charge in [0.25, 0.3) is 0 Å². The third-order valence-electron chi connectivity index (χ3n) is 3.77. The Morgan fingerprint density at radius 3 is 2.79 bits per heavy atom. The summed E-state index contributed by atoms with van der Waals surface area (Å²) < 4.78 is 0. The van der Waals surface area contributed by atoms with Crippen LogP contribution in [0.2, 0.25) is 0 Å². The van der Waals surface area contributed by atoms with E-state index in [0.717, 1.165) is 25.6 Å². The highest BCUT2D eigenvalue weighted by molar-refractivity contribution is 4.87. The van der Waals surface area contributed by atoms with Gasteiger partial charge in [0.2, 0.25) is 0 Å². The zero-order valence-corrected chi connectivity index (χ0v) is 9.08. The van der Waals surface area contributed by atoms with E-state index < -0.39 is 0 Å². The summed E-state index contributed by atoms with van der Waals surface area (Å²) in [5.41, 5.74) is 0. The normalized spacial score (nSPS) is 40.3. The van der Waals surface area contributed by atoms with Crippen molar-refractivity contribution in [3.63, 3.8) is 0 Å². The third kappa shape index (κ3) is 2.27. The number of aliphatic hydroxyl groups is 1. The van der Waals surface area contributed by atoms with Crippen LogP contribution in [-0.4, -0.2) is 48.3 Å². The van der Waals surface area contributed by atoms with Crippen molar-refractivity contribution in [3.05, 3.63) is 0 Å². The molecule has 2 N–H and O–H groups in total. The molecule has 3 atom stereocenters. The molecule has 0 aromatic carbocycles. The molecule has 1 aliphatic carbocycles. The van der Waals surface area contributed by atoms with Crippen molar-refractivity contribution in [3.8, 4) is 0 Å². The minimum atomic E-state index is -0.0648. The Morgan fingerprint density at radius 2 is 2.14 bits per heavy atom. The molecule has 1 aliphatic heterocycles. The largest absolute Gasteiger partial charge is 0.392 e. The molecule has 0 bridgehead atoms. The van der Waals surface area contributed by atoms with Crippen LogP contribution < -0.4 is 5.32 Å². The first-order chi connectivity index (χ1) is 6.79. The second-order valence-corrected chi connectivity index (χ2v) is 4.74. The van der Waals surface area contributed by atoms with Gasteiger partial charge in [-0.2, -0.15) is 0 Å². The molecule has 2 rings (SSSR count). The molecule has 2 fully saturated rings. The SMILES string of the molecule is CNC1CCCC(N2CCC(O)C2)C1. The lowest BCUT2D eigenvalue weighted by molar-refractivity contribution is 0.133. The first-order valence-corrected chi connectivity index (χ1v) is 5.89. The van der Waals surface area contributed by atoms with Gasteiger partial charge in [0.1, 0.15) is 0 Å². The van der Waals surface area contributed by atoms with Crippen LogP contribution in [0.25, 0.3) is 0 Å². The van der Waals surface area contributed by atoms with Gasteiger partial charge in [0.15, 0.2) is 0 Å². The molecule has 3 heteroatoms. The molecule has 14 heavy (non-hydrogen) atoms. The van der Waals surface area contributed by atoms with E-state index >= 15 is 0 Å². The summed E-state index contributed by atoms with van der Waals surface area (Å²) in [7, 11) is 2.06. The number of aliphatic hydroxyl groups excluding tert-OH is 1. The molecule has 1 heterocycles. The minimum absolute atomic E-state index is 0.0648. The molecule has 1 saturated heterocycles. The highest BCUT2D eigenvalue weighted by Gasteiger charge is 2.30. The lowest BCUT2D eigenvalue weighted by Gasteiger charge is -2.35. The molecule has 3 unspecified atom stereocenters. The van der Waals surface area contributed by atoms with Crippen molar-refractivity contribution in [2.45, 2.75) is 50.3 Å². The number of nitrogens with one attached hydrogen (secondary N) is 1. The molecule has 1 saturated carbocycles. The van der Waals surface area contributed by atoms with Crippen LogP contribution in [0.1, 0.15) is 32.1 Å². The van der Waals surface area contributed by atoms with E-state index in [4.69, 9.17) is 0 Å². The zero-order chi connectivity index (χ0) is 9.97. The van der Waals surface area contributed by atoms with Gasteiger partial charge in [-0.1, -0.05) is 6.42 Å². The average molecular weight is 198 g/mol. The van der Waals surface area contributed by atoms with Crippen LogP contribution in [0.3, 0.4) is 0 Å². The van der Waals surface area contributed by atoms with Crippen molar-refractivity contribution in [1.29, 1.82) is 0 Å². The number of nitrogens with zero attached hydrogens (tertiary/aromatic N) is 1. The fourth-order valence-electron chi connectivity index (χ4n) is 2.86. The first kappa shape index (κ1) is 10.4. The Morgan fingerprint density at radius 1 is 1.29 bits per heavy atom. The molecule has 82 valence electrons. The molecular formula is C11H22N2O. The predicted octanol–water partition coefficient (Wildman–Crippen LogP) is 0.584. The highest BCUT2D eigenvalue weighted by Crippen LogP contribution is 2.25. The van der Waals surface area contributed by atoms with Crippen LogP contribution >= 0.6 is 0 Å². The maximum atomic E-state index is 9.50. The Labute approximate surface area is 86.5 Å². The standard InChI is InChI=1S/C11H22N2O/c1-12-9-3-2-4-10(7-9)13-6-5-11(14)8-13/h9-12,14H,2-8H2,1H3. The minimum Gasteiger partial charge on any atom is -0.392 e. The summed E-state index contributed by atoms with van der Waals surface area (Å²) in [5, 5.41) is 12.9. The van der Waals surface area contributed by atoms with Gasteiger partial charge in [-0.05, 0) is 32.7 Å². The summed E-state index contributed by atoms with van der Waals surface area (Å²) in [4.78, 5) is 2.48. The van der Waals surface area contributed by atoms with E-state index in [0.29, 0.717) is 6.04 Å². The lowest BCUT2D eigenvalue weighted by Crippen LogP contribution is -2.42. The van der Waals surface area contributed by atoms with Gasteiger partial charge in [-0.3, -0.25) is 4.90 Å². The number of likely N-dealkylation sites (tertiary alicyclic amines) is 1. The molecule has 0 spiro atoms. The third-order valence-corrected chi connectivity index (χ3v) is 3.77. The Bertz CT molecular complexity index is 186. The van der Waals surface area contributed by atoms with Crippen LogP contribution in [-0.2, 0) is 0 Å². The summed E-state index contributed by atoms with van der Waals surface area (Å²) in [5.74, 6) is 0. The molecule has 0 amide bonds. The van der Waals surface area contributed by atoms with E-state index in [1.165, 1.54) is 25.7 Å². The Balaban J connectivity index is 1.84. The van der Waals surface area contributed by atoms with Crippen LogP contribution in [0, 0.1) is 0 Å². The number of hydrogen-bond donors (Lipinski definition) is 2. The van der Waals surface area contributed by atoms with Crippen molar-refractivity contribution in [2.24, 2.45) is 0 Å². The lowest BCUT2D eigenvalue weighted by atomic mass is 9.90. The molecule has 2 aliphatic rings. The Kier molecular flexibility index (Phi) is 3.42. The first-order valence-electron chi connectivity index (χ1n) is 5.89. The van der Waals surface area contributed by atoms with Crippen molar-refractivity contribution >= 4 is 0 Å². The fourth-order valence-corrected chi connectivity index (χ4v) is 2.86. The zero-order valence-electron chi connectivity index (χ0n) is 9.08. The van der Waals surface area contributed by atoms with Crippen molar-refractivity contribution < 1.29 is 5.11 Å². The molecular weight excluding hydrogens is 176 g/mol. The highest BCUT2D eigenvalue weighted by atomic mass is 16.3. The molecule has 3 nitrogen and oxygen atoms in total. The summed E-state index contributed by atoms with van der Waals surface area (Å²) in [6, 6.07) is 1.42. The summed E-state index contributed by atoms with van der Waals surface area (Å²) in [6.45, 7) is 2.00. The Hall–Kier alpha value is -0.120. The number of rotatable bonds is 2. The molecule has 0 aromatic rings. The predicted molar refractivity (Wildman–Crippen MR) is 57.3 cm³/mol.